The van der Waals surface area contributed by atoms with E-state index in [0.29, 0.717) is 5.56 Å². The Bertz CT molecular complexity index is 588. The van der Waals surface area contributed by atoms with E-state index >= 15 is 0 Å². The Morgan fingerprint density at radius 3 is 2.94 bits per heavy atom. The molecule has 0 atom stereocenters. The number of hydrogen-bond acceptors (Lipinski definition) is 6. The fourth-order valence-electron chi connectivity index (χ4n) is 1.23. The summed E-state index contributed by atoms with van der Waals surface area (Å²) in [5.74, 6) is 4.23. The first-order valence-corrected chi connectivity index (χ1v) is 5.72. The molecule has 3 N–H and O–H groups in total. The standard InChI is InChI=1S/C9H8FN5O2S/c10-6-1-5(2-12-3-6)8-13-14-9(15(8)11)18-4-7(16)17/h1-3H,4,11H2,(H,16,17). The number of aliphatic carboxylic acids is 1. The molecule has 18 heavy (non-hydrogen) atoms. The van der Waals surface area contributed by atoms with Gasteiger partial charge in [0.1, 0.15) is 5.82 Å². The topological polar surface area (TPSA) is 107 Å². The van der Waals surface area contributed by atoms with Gasteiger partial charge in [-0.1, -0.05) is 11.8 Å². The fraction of sp³-hybridized carbons (Fsp3) is 0.111. The van der Waals surface area contributed by atoms with Crippen molar-refractivity contribution in [3.05, 3.63) is 24.3 Å². The molecule has 9 heteroatoms. The Hall–Kier alpha value is -2.16. The summed E-state index contributed by atoms with van der Waals surface area (Å²) in [6.07, 6.45) is 2.45. The molecule has 2 rings (SSSR count). The number of pyridine rings is 1. The van der Waals surface area contributed by atoms with Gasteiger partial charge < -0.3 is 10.9 Å². The fourth-order valence-corrected chi connectivity index (χ4v) is 1.81. The maximum absolute atomic E-state index is 13.0. The molecule has 0 amide bonds. The van der Waals surface area contributed by atoms with Crippen molar-refractivity contribution in [2.75, 3.05) is 11.6 Å². The minimum Gasteiger partial charge on any atom is -0.481 e. The molecule has 0 saturated heterocycles. The van der Waals surface area contributed by atoms with Gasteiger partial charge in [-0.15, -0.1) is 10.2 Å². The van der Waals surface area contributed by atoms with Gasteiger partial charge in [0.05, 0.1) is 11.9 Å². The lowest BCUT2D eigenvalue weighted by Crippen LogP contribution is -2.12. The summed E-state index contributed by atoms with van der Waals surface area (Å²) in [7, 11) is 0. The molecule has 2 aromatic heterocycles. The van der Waals surface area contributed by atoms with Crippen molar-refractivity contribution in [1.29, 1.82) is 0 Å². The van der Waals surface area contributed by atoms with Crippen LogP contribution in [0.1, 0.15) is 0 Å². The maximum Gasteiger partial charge on any atom is 0.313 e. The van der Waals surface area contributed by atoms with E-state index < -0.39 is 11.8 Å². The lowest BCUT2D eigenvalue weighted by atomic mass is 10.3. The minimum atomic E-state index is -0.989. The number of halogens is 1. The zero-order valence-corrected chi connectivity index (χ0v) is 9.76. The predicted molar refractivity (Wildman–Crippen MR) is 61.7 cm³/mol. The first-order chi connectivity index (χ1) is 8.58. The van der Waals surface area contributed by atoms with Crippen LogP contribution in [-0.4, -0.2) is 36.7 Å². The van der Waals surface area contributed by atoms with E-state index in [1.54, 1.807) is 0 Å². The van der Waals surface area contributed by atoms with E-state index in [-0.39, 0.29) is 16.7 Å². The molecule has 7 nitrogen and oxygen atoms in total. The van der Waals surface area contributed by atoms with Gasteiger partial charge in [0, 0.05) is 11.8 Å². The van der Waals surface area contributed by atoms with Crippen LogP contribution in [0.4, 0.5) is 4.39 Å². The van der Waals surface area contributed by atoms with Gasteiger partial charge >= 0.3 is 5.97 Å². The number of thioether (sulfide) groups is 1. The monoisotopic (exact) mass is 269 g/mol. The van der Waals surface area contributed by atoms with Crippen LogP contribution in [0.3, 0.4) is 0 Å². The van der Waals surface area contributed by atoms with Crippen LogP contribution in [0.25, 0.3) is 11.4 Å². The molecule has 0 spiro atoms. The SMILES string of the molecule is Nn1c(SCC(=O)O)nnc1-c1cncc(F)c1. The van der Waals surface area contributed by atoms with Gasteiger partial charge in [0.2, 0.25) is 5.16 Å². The van der Waals surface area contributed by atoms with Crippen molar-refractivity contribution in [1.82, 2.24) is 19.9 Å². The van der Waals surface area contributed by atoms with Gasteiger partial charge in [-0.25, -0.2) is 9.07 Å². The second kappa shape index (κ2) is 5.00. The van der Waals surface area contributed by atoms with Gasteiger partial charge in [-0.2, -0.15) is 0 Å². The van der Waals surface area contributed by atoms with Crippen molar-refractivity contribution >= 4 is 17.7 Å². The first kappa shape index (κ1) is 12.3. The highest BCUT2D eigenvalue weighted by Gasteiger charge is 2.14. The van der Waals surface area contributed by atoms with Gasteiger partial charge in [-0.05, 0) is 6.07 Å². The molecular weight excluding hydrogens is 261 g/mol. The van der Waals surface area contributed by atoms with Crippen LogP contribution in [0.15, 0.2) is 23.6 Å². The summed E-state index contributed by atoms with van der Waals surface area (Å²) in [4.78, 5) is 14.1. The van der Waals surface area contributed by atoms with E-state index in [4.69, 9.17) is 10.9 Å². The lowest BCUT2D eigenvalue weighted by molar-refractivity contribution is -0.133. The average molecular weight is 269 g/mol. The zero-order chi connectivity index (χ0) is 13.1. The van der Waals surface area contributed by atoms with Crippen molar-refractivity contribution in [3.63, 3.8) is 0 Å². The molecule has 0 aliphatic rings. The molecule has 0 saturated carbocycles. The highest BCUT2D eigenvalue weighted by Crippen LogP contribution is 2.21. The molecule has 0 radical (unpaired) electrons. The van der Waals surface area contributed by atoms with Crippen LogP contribution >= 0.6 is 11.8 Å². The number of nitrogens with zero attached hydrogens (tertiary/aromatic N) is 4. The van der Waals surface area contributed by atoms with Crippen LogP contribution in [0.2, 0.25) is 0 Å². The van der Waals surface area contributed by atoms with E-state index in [9.17, 15) is 9.18 Å². The van der Waals surface area contributed by atoms with Gasteiger partial charge in [-0.3, -0.25) is 9.78 Å². The third kappa shape index (κ3) is 2.56. The molecule has 0 aliphatic heterocycles. The molecule has 0 fully saturated rings. The number of aromatic nitrogens is 4. The largest absolute Gasteiger partial charge is 0.481 e. The quantitative estimate of drug-likeness (QED) is 0.610. The van der Waals surface area contributed by atoms with Gasteiger partial charge in [0.15, 0.2) is 5.82 Å². The highest BCUT2D eigenvalue weighted by molar-refractivity contribution is 7.99. The highest BCUT2D eigenvalue weighted by atomic mass is 32.2. The second-order valence-corrected chi connectivity index (χ2v) is 4.19. The molecule has 2 aromatic rings. The van der Waals surface area contributed by atoms with Crippen LogP contribution in [-0.2, 0) is 4.79 Å². The summed E-state index contributed by atoms with van der Waals surface area (Å²) in [5, 5.41) is 16.3. The van der Waals surface area contributed by atoms with Crippen LogP contribution < -0.4 is 5.84 Å². The van der Waals surface area contributed by atoms with E-state index in [1.807, 2.05) is 0 Å². The Kier molecular flexibility index (Phi) is 3.42. The summed E-state index contributed by atoms with van der Waals surface area (Å²) >= 11 is 0.925. The first-order valence-electron chi connectivity index (χ1n) is 4.74. The predicted octanol–water partition coefficient (Wildman–Crippen LogP) is 0.370. The summed E-state index contributed by atoms with van der Waals surface area (Å²) in [6, 6.07) is 1.21. The maximum atomic E-state index is 13.0. The number of carboxylic acids is 1. The summed E-state index contributed by atoms with van der Waals surface area (Å²) < 4.78 is 14.1. The van der Waals surface area contributed by atoms with Crippen molar-refractivity contribution < 1.29 is 14.3 Å². The molecule has 94 valence electrons. The number of nitrogen functional groups attached to an aromatic ring is 1. The molecule has 0 unspecified atom stereocenters. The molecule has 0 aromatic carbocycles. The lowest BCUT2D eigenvalue weighted by Gasteiger charge is -2.02. The number of rotatable bonds is 4. The minimum absolute atomic E-state index is 0.184. The third-order valence-electron chi connectivity index (χ3n) is 1.95. The van der Waals surface area contributed by atoms with Crippen molar-refractivity contribution in [3.8, 4) is 11.4 Å². The van der Waals surface area contributed by atoms with Crippen molar-refractivity contribution in [2.24, 2.45) is 0 Å². The Labute approximate surface area is 105 Å². The summed E-state index contributed by atoms with van der Waals surface area (Å²) in [6.45, 7) is 0. The van der Waals surface area contributed by atoms with Crippen LogP contribution in [0, 0.1) is 5.82 Å². The smallest absolute Gasteiger partial charge is 0.313 e. The number of hydrogen-bond donors (Lipinski definition) is 2. The van der Waals surface area contributed by atoms with Gasteiger partial charge in [0.25, 0.3) is 0 Å². The molecule has 2 heterocycles. The number of carboxylic acid groups (broad SMARTS) is 1. The zero-order valence-electron chi connectivity index (χ0n) is 8.95. The normalized spacial score (nSPS) is 10.5. The van der Waals surface area contributed by atoms with E-state index in [0.717, 1.165) is 22.6 Å². The van der Waals surface area contributed by atoms with Crippen LogP contribution in [0.5, 0.6) is 0 Å². The van der Waals surface area contributed by atoms with E-state index in [1.165, 1.54) is 12.3 Å². The summed E-state index contributed by atoms with van der Waals surface area (Å²) in [5.41, 5.74) is 0.368. The third-order valence-corrected chi connectivity index (χ3v) is 2.88. The molecular formula is C9H8FN5O2S. The van der Waals surface area contributed by atoms with Crippen molar-refractivity contribution in [2.45, 2.75) is 5.16 Å². The average Bonchev–Trinajstić information content (AvgIpc) is 2.68. The second-order valence-electron chi connectivity index (χ2n) is 3.25. The Morgan fingerprint density at radius 1 is 1.50 bits per heavy atom. The molecule has 0 aliphatic carbocycles. The Morgan fingerprint density at radius 2 is 2.28 bits per heavy atom. The number of carbonyl (C=O) groups is 1. The molecule has 0 bridgehead atoms. The van der Waals surface area contributed by atoms with E-state index in [2.05, 4.69) is 15.2 Å². The Balaban J connectivity index is 2.28. The number of nitrogens with two attached hydrogens (primary N) is 1.